The predicted octanol–water partition coefficient (Wildman–Crippen LogP) is 4.06. The number of hydrogen-bond acceptors (Lipinski definition) is 4. The van der Waals surface area contributed by atoms with Crippen molar-refractivity contribution in [3.63, 3.8) is 0 Å². The molecule has 7 heteroatoms. The molecule has 0 unspecified atom stereocenters. The zero-order valence-corrected chi connectivity index (χ0v) is 16.3. The first kappa shape index (κ1) is 18.5. The molecule has 0 aliphatic carbocycles. The first-order chi connectivity index (χ1) is 11.4. The Morgan fingerprint density at radius 3 is 2.58 bits per heavy atom. The van der Waals surface area contributed by atoms with E-state index in [0.29, 0.717) is 15.8 Å². The van der Waals surface area contributed by atoms with E-state index in [-0.39, 0.29) is 18.3 Å². The van der Waals surface area contributed by atoms with Crippen LogP contribution in [0.3, 0.4) is 0 Å². The van der Waals surface area contributed by atoms with E-state index < -0.39 is 0 Å². The minimum Gasteiger partial charge on any atom is -0.507 e. The number of rotatable bonds is 5. The maximum atomic E-state index is 11.8. The summed E-state index contributed by atoms with van der Waals surface area (Å²) in [6, 6.07) is 9.01. The molecule has 2 rings (SSSR count). The standard InChI is InChI=1S/C17H16Br2N2O3/c1-10-4-3-5-11(2)17(10)24-9-16(23)21-20-8-12-6-15(22)14(19)7-13(12)18/h3-8,22H,9H2,1-2H3,(H,21,23)/b20-8+. The van der Waals surface area contributed by atoms with Crippen LogP contribution in [0.25, 0.3) is 0 Å². The topological polar surface area (TPSA) is 70.9 Å². The fourth-order valence-electron chi connectivity index (χ4n) is 2.02. The molecule has 0 saturated heterocycles. The van der Waals surface area contributed by atoms with Gasteiger partial charge in [0.25, 0.3) is 5.91 Å². The van der Waals surface area contributed by atoms with Crippen LogP contribution < -0.4 is 10.2 Å². The molecular formula is C17H16Br2N2O3. The van der Waals surface area contributed by atoms with Gasteiger partial charge >= 0.3 is 0 Å². The van der Waals surface area contributed by atoms with Crippen LogP contribution in [0, 0.1) is 13.8 Å². The third-order valence-corrected chi connectivity index (χ3v) is 4.54. The molecule has 0 saturated carbocycles. The first-order valence-electron chi connectivity index (χ1n) is 7.07. The molecule has 0 radical (unpaired) electrons. The van der Waals surface area contributed by atoms with Crippen molar-refractivity contribution in [3.8, 4) is 11.5 Å². The Labute approximate surface area is 157 Å². The van der Waals surface area contributed by atoms with Gasteiger partial charge in [-0.25, -0.2) is 5.43 Å². The van der Waals surface area contributed by atoms with Gasteiger partial charge in [0.05, 0.1) is 10.7 Å². The predicted molar refractivity (Wildman–Crippen MR) is 101 cm³/mol. The average Bonchev–Trinajstić information content (AvgIpc) is 2.52. The number of hydrazone groups is 1. The number of carbonyl (C=O) groups excluding carboxylic acids is 1. The fraction of sp³-hybridized carbons (Fsp3) is 0.176. The van der Waals surface area contributed by atoms with E-state index in [9.17, 15) is 9.90 Å². The number of carbonyl (C=O) groups is 1. The molecule has 24 heavy (non-hydrogen) atoms. The molecule has 2 N–H and O–H groups in total. The van der Waals surface area contributed by atoms with Crippen molar-refractivity contribution in [2.24, 2.45) is 5.10 Å². The van der Waals surface area contributed by atoms with Gasteiger partial charge in [-0.05, 0) is 53.0 Å². The molecule has 5 nitrogen and oxygen atoms in total. The number of phenols is 1. The minimum atomic E-state index is -0.369. The van der Waals surface area contributed by atoms with Gasteiger partial charge in [0.2, 0.25) is 0 Å². The summed E-state index contributed by atoms with van der Waals surface area (Å²) in [5.74, 6) is 0.424. The van der Waals surface area contributed by atoms with E-state index >= 15 is 0 Å². The summed E-state index contributed by atoms with van der Waals surface area (Å²) < 4.78 is 6.85. The monoisotopic (exact) mass is 454 g/mol. The molecule has 0 bridgehead atoms. The summed E-state index contributed by atoms with van der Waals surface area (Å²) in [5.41, 5.74) is 4.97. The van der Waals surface area contributed by atoms with Crippen molar-refractivity contribution in [2.45, 2.75) is 13.8 Å². The van der Waals surface area contributed by atoms with E-state index in [1.54, 1.807) is 6.07 Å². The normalized spacial score (nSPS) is 10.8. The van der Waals surface area contributed by atoms with E-state index in [2.05, 4.69) is 42.4 Å². The first-order valence-corrected chi connectivity index (χ1v) is 8.66. The van der Waals surface area contributed by atoms with E-state index in [1.165, 1.54) is 12.3 Å². The molecular weight excluding hydrogens is 440 g/mol. The number of nitrogens with zero attached hydrogens (tertiary/aromatic N) is 1. The second-order valence-corrected chi connectivity index (χ2v) is 6.84. The van der Waals surface area contributed by atoms with Crippen LogP contribution in [0.1, 0.15) is 16.7 Å². The molecule has 0 spiro atoms. The maximum absolute atomic E-state index is 11.8. The number of benzene rings is 2. The molecule has 2 aromatic carbocycles. The van der Waals surface area contributed by atoms with Crippen molar-refractivity contribution < 1.29 is 14.6 Å². The van der Waals surface area contributed by atoms with E-state index in [0.717, 1.165) is 15.6 Å². The summed E-state index contributed by atoms with van der Waals surface area (Å²) in [4.78, 5) is 11.8. The summed E-state index contributed by atoms with van der Waals surface area (Å²) in [7, 11) is 0. The van der Waals surface area contributed by atoms with Gasteiger partial charge in [-0.2, -0.15) is 5.10 Å². The second kappa shape index (κ2) is 8.30. The Morgan fingerprint density at radius 1 is 1.25 bits per heavy atom. The van der Waals surface area contributed by atoms with Crippen LogP contribution in [-0.2, 0) is 4.79 Å². The number of halogens is 2. The number of para-hydroxylation sites is 1. The smallest absolute Gasteiger partial charge is 0.277 e. The van der Waals surface area contributed by atoms with Gasteiger partial charge < -0.3 is 9.84 Å². The molecule has 0 aromatic heterocycles. The Hall–Kier alpha value is -1.86. The van der Waals surface area contributed by atoms with Crippen LogP contribution in [0.15, 0.2) is 44.4 Å². The summed E-state index contributed by atoms with van der Waals surface area (Å²) >= 11 is 6.57. The second-order valence-electron chi connectivity index (χ2n) is 5.13. The van der Waals surface area contributed by atoms with Crippen LogP contribution in [-0.4, -0.2) is 23.8 Å². The van der Waals surface area contributed by atoms with Gasteiger partial charge in [0.1, 0.15) is 11.5 Å². The van der Waals surface area contributed by atoms with Gasteiger partial charge in [-0.15, -0.1) is 0 Å². The Morgan fingerprint density at radius 2 is 1.92 bits per heavy atom. The van der Waals surface area contributed by atoms with E-state index in [4.69, 9.17) is 4.74 Å². The van der Waals surface area contributed by atoms with Crippen LogP contribution in [0.5, 0.6) is 11.5 Å². The Balaban J connectivity index is 1.93. The highest BCUT2D eigenvalue weighted by Crippen LogP contribution is 2.29. The zero-order chi connectivity index (χ0) is 17.7. The molecule has 0 aliphatic rings. The quantitative estimate of drug-likeness (QED) is 0.527. The van der Waals surface area contributed by atoms with Crippen molar-refractivity contribution in [2.75, 3.05) is 6.61 Å². The van der Waals surface area contributed by atoms with Crippen molar-refractivity contribution >= 4 is 44.0 Å². The molecule has 0 heterocycles. The van der Waals surface area contributed by atoms with Gasteiger partial charge in [-0.3, -0.25) is 4.79 Å². The number of ether oxygens (including phenoxy) is 1. The number of amides is 1. The fourth-order valence-corrected chi connectivity index (χ4v) is 3.12. The lowest BCUT2D eigenvalue weighted by Gasteiger charge is -2.10. The summed E-state index contributed by atoms with van der Waals surface area (Å²) in [6.07, 6.45) is 1.44. The SMILES string of the molecule is Cc1cccc(C)c1OCC(=O)N/N=C/c1cc(O)c(Br)cc1Br. The summed E-state index contributed by atoms with van der Waals surface area (Å²) in [6.45, 7) is 3.72. The van der Waals surface area contributed by atoms with Crippen LogP contribution in [0.2, 0.25) is 0 Å². The molecule has 0 atom stereocenters. The molecule has 126 valence electrons. The highest BCUT2D eigenvalue weighted by Gasteiger charge is 2.07. The van der Waals surface area contributed by atoms with Gasteiger partial charge in [0, 0.05) is 10.0 Å². The van der Waals surface area contributed by atoms with Gasteiger partial charge in [0.15, 0.2) is 6.61 Å². The Kier molecular flexibility index (Phi) is 6.39. The lowest BCUT2D eigenvalue weighted by Crippen LogP contribution is -2.25. The molecule has 1 amide bonds. The molecule has 0 fully saturated rings. The highest BCUT2D eigenvalue weighted by molar-refractivity contribution is 9.11. The zero-order valence-electron chi connectivity index (χ0n) is 13.1. The van der Waals surface area contributed by atoms with Crippen molar-refractivity contribution in [1.82, 2.24) is 5.43 Å². The van der Waals surface area contributed by atoms with Gasteiger partial charge in [-0.1, -0.05) is 34.1 Å². The lowest BCUT2D eigenvalue weighted by molar-refractivity contribution is -0.123. The van der Waals surface area contributed by atoms with Crippen molar-refractivity contribution in [1.29, 1.82) is 0 Å². The van der Waals surface area contributed by atoms with Crippen molar-refractivity contribution in [3.05, 3.63) is 56.0 Å². The van der Waals surface area contributed by atoms with Crippen LogP contribution in [0.4, 0.5) is 0 Å². The van der Waals surface area contributed by atoms with E-state index in [1.807, 2.05) is 32.0 Å². The number of nitrogens with one attached hydrogen (secondary N) is 1. The maximum Gasteiger partial charge on any atom is 0.277 e. The summed E-state index contributed by atoms with van der Waals surface area (Å²) in [5, 5.41) is 13.5. The largest absolute Gasteiger partial charge is 0.507 e. The molecule has 2 aromatic rings. The third kappa shape index (κ3) is 4.82. The number of aromatic hydroxyl groups is 1. The Bertz CT molecular complexity index is 771. The average molecular weight is 456 g/mol. The molecule has 0 aliphatic heterocycles. The number of aryl methyl sites for hydroxylation is 2. The third-order valence-electron chi connectivity index (χ3n) is 3.22. The number of phenolic OH excluding ortho intramolecular Hbond substituents is 1. The number of hydrogen-bond donors (Lipinski definition) is 2. The highest BCUT2D eigenvalue weighted by atomic mass is 79.9. The van der Waals surface area contributed by atoms with Crippen LogP contribution >= 0.6 is 31.9 Å². The lowest BCUT2D eigenvalue weighted by atomic mass is 10.1. The minimum absolute atomic E-state index is 0.0873.